The van der Waals surface area contributed by atoms with E-state index in [-0.39, 0.29) is 5.56 Å². The van der Waals surface area contributed by atoms with Crippen molar-refractivity contribution in [3.8, 4) is 0 Å². The minimum absolute atomic E-state index is 0.209. The average molecular weight is 364 g/mol. The van der Waals surface area contributed by atoms with Gasteiger partial charge in [-0.3, -0.25) is 9.52 Å². The molecular formula is C18H24N2O4S. The second kappa shape index (κ2) is 7.41. The summed E-state index contributed by atoms with van der Waals surface area (Å²) >= 11 is 0. The van der Waals surface area contributed by atoms with Gasteiger partial charge in [-0.2, -0.15) is 0 Å². The van der Waals surface area contributed by atoms with E-state index < -0.39 is 10.0 Å². The van der Waals surface area contributed by atoms with E-state index in [1.807, 2.05) is 19.9 Å². The van der Waals surface area contributed by atoms with Crippen LogP contribution < -0.4 is 10.3 Å². The quantitative estimate of drug-likeness (QED) is 0.854. The van der Waals surface area contributed by atoms with Crippen LogP contribution in [0, 0.1) is 27.7 Å². The van der Waals surface area contributed by atoms with Gasteiger partial charge in [-0.25, -0.2) is 8.42 Å². The molecule has 0 unspecified atom stereocenters. The van der Waals surface area contributed by atoms with E-state index >= 15 is 0 Å². The summed E-state index contributed by atoms with van der Waals surface area (Å²) in [6.07, 6.45) is 1.49. The predicted octanol–water partition coefficient (Wildman–Crippen LogP) is 2.53. The lowest BCUT2D eigenvalue weighted by atomic mass is 10.0. The standard InChI is InChI=1S/C18H24N2O4S/c1-12-10-13(2)15(4)18(14(12)3)25(22,23)19-16-6-7-17(21)20(11-16)8-9-24-5/h6-7,10-11,19H,8-9H2,1-5H3. The molecule has 0 spiro atoms. The van der Waals surface area contributed by atoms with Crippen LogP contribution in [0.1, 0.15) is 22.3 Å². The molecule has 0 radical (unpaired) electrons. The average Bonchev–Trinajstić information content (AvgIpc) is 2.53. The Bertz CT molecular complexity index is 920. The summed E-state index contributed by atoms with van der Waals surface area (Å²) in [6.45, 7) is 8.11. The predicted molar refractivity (Wildman–Crippen MR) is 98.8 cm³/mol. The van der Waals surface area contributed by atoms with Crippen LogP contribution in [0.15, 0.2) is 34.1 Å². The van der Waals surface area contributed by atoms with E-state index in [0.717, 1.165) is 22.3 Å². The molecule has 0 aliphatic rings. The smallest absolute Gasteiger partial charge is 0.262 e. The fraction of sp³-hybridized carbons (Fsp3) is 0.389. The van der Waals surface area contributed by atoms with Crippen molar-refractivity contribution < 1.29 is 13.2 Å². The third kappa shape index (κ3) is 4.11. The van der Waals surface area contributed by atoms with Gasteiger partial charge in [-0.1, -0.05) is 6.07 Å². The van der Waals surface area contributed by atoms with Gasteiger partial charge in [0.25, 0.3) is 15.6 Å². The molecule has 6 nitrogen and oxygen atoms in total. The Morgan fingerprint density at radius 2 is 1.68 bits per heavy atom. The monoisotopic (exact) mass is 364 g/mol. The molecule has 2 rings (SSSR count). The summed E-state index contributed by atoms with van der Waals surface area (Å²) in [5, 5.41) is 0. The number of aromatic nitrogens is 1. The Morgan fingerprint density at radius 1 is 1.08 bits per heavy atom. The van der Waals surface area contributed by atoms with Crippen LogP contribution in [0.2, 0.25) is 0 Å². The van der Waals surface area contributed by atoms with Crippen LogP contribution in [0.3, 0.4) is 0 Å². The van der Waals surface area contributed by atoms with Crippen LogP contribution in [-0.2, 0) is 21.3 Å². The first-order chi connectivity index (χ1) is 11.7. The third-order valence-electron chi connectivity index (χ3n) is 4.34. The Labute approximate surface area is 148 Å². The first-order valence-electron chi connectivity index (χ1n) is 7.97. The zero-order valence-electron chi connectivity index (χ0n) is 15.2. The number of nitrogens with zero attached hydrogens (tertiary/aromatic N) is 1. The highest BCUT2D eigenvalue weighted by molar-refractivity contribution is 7.92. The summed E-state index contributed by atoms with van der Waals surface area (Å²) in [5.74, 6) is 0. The summed E-state index contributed by atoms with van der Waals surface area (Å²) in [4.78, 5) is 12.1. The molecule has 0 saturated heterocycles. The molecule has 1 heterocycles. The molecule has 25 heavy (non-hydrogen) atoms. The second-order valence-electron chi connectivity index (χ2n) is 6.14. The number of rotatable bonds is 6. The zero-order valence-corrected chi connectivity index (χ0v) is 16.0. The van der Waals surface area contributed by atoms with Gasteiger partial charge in [0.15, 0.2) is 0 Å². The molecular weight excluding hydrogens is 340 g/mol. The first-order valence-corrected chi connectivity index (χ1v) is 9.45. The van der Waals surface area contributed by atoms with E-state index in [4.69, 9.17) is 4.74 Å². The van der Waals surface area contributed by atoms with Gasteiger partial charge in [0.1, 0.15) is 0 Å². The molecule has 0 aliphatic heterocycles. The molecule has 136 valence electrons. The molecule has 0 bridgehead atoms. The van der Waals surface area contributed by atoms with E-state index in [2.05, 4.69) is 4.72 Å². The fourth-order valence-corrected chi connectivity index (χ4v) is 4.41. The maximum absolute atomic E-state index is 12.9. The summed E-state index contributed by atoms with van der Waals surface area (Å²) in [5.41, 5.74) is 3.43. The molecule has 2 aromatic rings. The van der Waals surface area contributed by atoms with Crippen LogP contribution >= 0.6 is 0 Å². The summed E-state index contributed by atoms with van der Waals surface area (Å²) in [7, 11) is -2.22. The molecule has 1 N–H and O–H groups in total. The van der Waals surface area contributed by atoms with Gasteiger partial charge in [-0.15, -0.1) is 0 Å². The van der Waals surface area contributed by atoms with E-state index in [1.165, 1.54) is 22.9 Å². The van der Waals surface area contributed by atoms with Crippen molar-refractivity contribution in [1.82, 2.24) is 4.57 Å². The highest BCUT2D eigenvalue weighted by atomic mass is 32.2. The van der Waals surface area contributed by atoms with E-state index in [0.29, 0.717) is 23.7 Å². The Kier molecular flexibility index (Phi) is 5.69. The highest BCUT2D eigenvalue weighted by Gasteiger charge is 2.22. The van der Waals surface area contributed by atoms with Crippen LogP contribution in [-0.4, -0.2) is 26.7 Å². The molecule has 1 aromatic carbocycles. The molecule has 0 amide bonds. The lowest BCUT2D eigenvalue weighted by Gasteiger charge is -2.17. The third-order valence-corrected chi connectivity index (χ3v) is 5.99. The SMILES string of the molecule is COCCn1cc(NS(=O)(=O)c2c(C)c(C)cc(C)c2C)ccc1=O. The Balaban J connectivity index is 2.45. The number of hydrogen-bond donors (Lipinski definition) is 1. The lowest BCUT2D eigenvalue weighted by Crippen LogP contribution is -2.23. The Morgan fingerprint density at radius 3 is 2.24 bits per heavy atom. The minimum atomic E-state index is -3.77. The van der Waals surface area contributed by atoms with Crippen molar-refractivity contribution in [3.63, 3.8) is 0 Å². The maximum Gasteiger partial charge on any atom is 0.262 e. The van der Waals surface area contributed by atoms with Gasteiger partial charge >= 0.3 is 0 Å². The Hall–Kier alpha value is -2.12. The largest absolute Gasteiger partial charge is 0.383 e. The summed E-state index contributed by atoms with van der Waals surface area (Å²) < 4.78 is 34.8. The number of ether oxygens (including phenoxy) is 1. The van der Waals surface area contributed by atoms with Crippen molar-refractivity contribution in [3.05, 3.63) is 57.0 Å². The van der Waals surface area contributed by atoms with Gasteiger partial charge in [0.05, 0.1) is 17.2 Å². The van der Waals surface area contributed by atoms with E-state index in [1.54, 1.807) is 21.0 Å². The van der Waals surface area contributed by atoms with Crippen molar-refractivity contribution in [2.75, 3.05) is 18.4 Å². The normalized spacial score (nSPS) is 11.6. The first kappa shape index (κ1) is 19.2. The molecule has 0 atom stereocenters. The number of benzene rings is 1. The maximum atomic E-state index is 12.9. The van der Waals surface area contributed by atoms with Gasteiger partial charge < -0.3 is 9.30 Å². The molecule has 7 heteroatoms. The number of nitrogens with one attached hydrogen (secondary N) is 1. The van der Waals surface area contributed by atoms with Crippen LogP contribution in [0.5, 0.6) is 0 Å². The van der Waals surface area contributed by atoms with Crippen molar-refractivity contribution in [2.45, 2.75) is 39.1 Å². The molecule has 0 fully saturated rings. The molecule has 0 aliphatic carbocycles. The second-order valence-corrected chi connectivity index (χ2v) is 7.76. The van der Waals surface area contributed by atoms with Crippen molar-refractivity contribution in [1.29, 1.82) is 0 Å². The number of pyridine rings is 1. The fourth-order valence-electron chi connectivity index (χ4n) is 2.75. The number of sulfonamides is 1. The number of methoxy groups -OCH3 is 1. The summed E-state index contributed by atoms with van der Waals surface area (Å²) in [6, 6.07) is 4.79. The van der Waals surface area contributed by atoms with Crippen molar-refractivity contribution in [2.24, 2.45) is 0 Å². The highest BCUT2D eigenvalue weighted by Crippen LogP contribution is 2.27. The minimum Gasteiger partial charge on any atom is -0.383 e. The van der Waals surface area contributed by atoms with E-state index in [9.17, 15) is 13.2 Å². The number of aryl methyl sites for hydroxylation is 2. The number of hydrogen-bond acceptors (Lipinski definition) is 4. The topological polar surface area (TPSA) is 77.4 Å². The molecule has 0 saturated carbocycles. The van der Waals surface area contributed by atoms with Crippen LogP contribution in [0.4, 0.5) is 5.69 Å². The zero-order chi connectivity index (χ0) is 18.8. The molecule has 1 aromatic heterocycles. The van der Waals surface area contributed by atoms with Gasteiger partial charge in [0, 0.05) is 25.9 Å². The van der Waals surface area contributed by atoms with Gasteiger partial charge in [0.2, 0.25) is 0 Å². The van der Waals surface area contributed by atoms with Crippen molar-refractivity contribution >= 4 is 15.7 Å². The lowest BCUT2D eigenvalue weighted by molar-refractivity contribution is 0.186. The van der Waals surface area contributed by atoms with Crippen LogP contribution in [0.25, 0.3) is 0 Å². The number of anilines is 1. The van der Waals surface area contributed by atoms with Gasteiger partial charge in [-0.05, 0) is 56.0 Å².